The van der Waals surface area contributed by atoms with Crippen LogP contribution in [0, 0.1) is 11.8 Å². The monoisotopic (exact) mass is 169 g/mol. The van der Waals surface area contributed by atoms with Gasteiger partial charge in [0.25, 0.3) is 0 Å². The Kier molecular flexibility index (Phi) is 1.65. The maximum atomic E-state index is 10.6. The van der Waals surface area contributed by atoms with Gasteiger partial charge in [0.1, 0.15) is 0 Å². The number of hydrogen-bond donors (Lipinski definition) is 2. The fraction of sp³-hybridized carbons (Fsp3) is 0.889. The van der Waals surface area contributed by atoms with Crippen molar-refractivity contribution in [3.63, 3.8) is 0 Å². The van der Waals surface area contributed by atoms with E-state index in [4.69, 9.17) is 10.8 Å². The van der Waals surface area contributed by atoms with Crippen molar-refractivity contribution < 1.29 is 9.90 Å². The molecular weight excluding hydrogens is 154 g/mol. The van der Waals surface area contributed by atoms with Crippen LogP contribution in [0.5, 0.6) is 0 Å². The lowest BCUT2D eigenvalue weighted by atomic mass is 9.85. The second kappa shape index (κ2) is 2.46. The molecule has 0 atom stereocenters. The molecule has 2 rings (SSSR count). The van der Waals surface area contributed by atoms with Gasteiger partial charge in [0.15, 0.2) is 0 Å². The predicted molar refractivity (Wildman–Crippen MR) is 44.6 cm³/mol. The van der Waals surface area contributed by atoms with E-state index < -0.39 is 5.97 Å². The first-order valence-electron chi connectivity index (χ1n) is 4.63. The summed E-state index contributed by atoms with van der Waals surface area (Å²) in [5.41, 5.74) is 5.77. The van der Waals surface area contributed by atoms with E-state index >= 15 is 0 Å². The molecule has 0 amide bonds. The molecule has 2 aliphatic carbocycles. The van der Waals surface area contributed by atoms with Crippen molar-refractivity contribution in [2.24, 2.45) is 17.6 Å². The second-order valence-electron chi connectivity index (χ2n) is 4.23. The van der Waals surface area contributed by atoms with Gasteiger partial charge in [-0.25, -0.2) is 0 Å². The summed E-state index contributed by atoms with van der Waals surface area (Å²) in [5, 5.41) is 8.72. The summed E-state index contributed by atoms with van der Waals surface area (Å²) in [6, 6.07) is 0. The molecule has 2 fully saturated rings. The molecule has 2 aliphatic rings. The molecule has 12 heavy (non-hydrogen) atoms. The van der Waals surface area contributed by atoms with Crippen LogP contribution in [0.3, 0.4) is 0 Å². The Balaban J connectivity index is 2.03. The minimum absolute atomic E-state index is 0.169. The standard InChI is InChI=1S/C9H15NO2/c10-9(5-8(11)12,6-1-2-6)7-3-4-7/h6-7H,1-5,10H2,(H,11,12). The minimum atomic E-state index is -0.740. The summed E-state index contributed by atoms with van der Waals surface area (Å²) in [6.45, 7) is 0. The first-order chi connectivity index (χ1) is 5.63. The Morgan fingerprint density at radius 3 is 2.00 bits per heavy atom. The fourth-order valence-corrected chi connectivity index (χ4v) is 2.13. The molecule has 0 aromatic heterocycles. The number of carboxylic acids is 1. The number of nitrogens with two attached hydrogens (primary N) is 1. The number of aliphatic carboxylic acids is 1. The molecule has 0 unspecified atom stereocenters. The summed E-state index contributed by atoms with van der Waals surface area (Å²) < 4.78 is 0. The highest BCUT2D eigenvalue weighted by molar-refractivity contribution is 5.68. The molecule has 0 heterocycles. The van der Waals surface area contributed by atoms with Gasteiger partial charge in [-0.1, -0.05) is 0 Å². The van der Waals surface area contributed by atoms with Gasteiger partial charge in [0, 0.05) is 5.54 Å². The van der Waals surface area contributed by atoms with Gasteiger partial charge in [-0.3, -0.25) is 4.79 Å². The van der Waals surface area contributed by atoms with E-state index in [2.05, 4.69) is 0 Å². The van der Waals surface area contributed by atoms with Crippen LogP contribution in [0.25, 0.3) is 0 Å². The van der Waals surface area contributed by atoms with E-state index in [0.29, 0.717) is 11.8 Å². The van der Waals surface area contributed by atoms with Crippen LogP contribution >= 0.6 is 0 Å². The van der Waals surface area contributed by atoms with Crippen molar-refractivity contribution in [3.8, 4) is 0 Å². The van der Waals surface area contributed by atoms with Gasteiger partial charge in [0.2, 0.25) is 0 Å². The third-order valence-electron chi connectivity index (χ3n) is 3.13. The Morgan fingerprint density at radius 2 is 1.75 bits per heavy atom. The average Bonchev–Trinajstić information content (AvgIpc) is 2.82. The highest BCUT2D eigenvalue weighted by atomic mass is 16.4. The summed E-state index contributed by atoms with van der Waals surface area (Å²) >= 11 is 0. The topological polar surface area (TPSA) is 63.3 Å². The average molecular weight is 169 g/mol. The van der Waals surface area contributed by atoms with Crippen LogP contribution < -0.4 is 5.73 Å². The van der Waals surface area contributed by atoms with Crippen LogP contribution in [0.2, 0.25) is 0 Å². The molecule has 0 radical (unpaired) electrons. The van der Waals surface area contributed by atoms with Gasteiger partial charge in [0.05, 0.1) is 6.42 Å². The minimum Gasteiger partial charge on any atom is -0.481 e. The normalized spacial score (nSPS) is 24.1. The third kappa shape index (κ3) is 1.33. The number of carbonyl (C=O) groups is 1. The molecule has 0 aliphatic heterocycles. The molecule has 68 valence electrons. The summed E-state index contributed by atoms with van der Waals surface area (Å²) in [7, 11) is 0. The van der Waals surface area contributed by atoms with Crippen LogP contribution in [0.1, 0.15) is 32.1 Å². The van der Waals surface area contributed by atoms with Crippen molar-refractivity contribution >= 4 is 5.97 Å². The smallest absolute Gasteiger partial charge is 0.305 e. The predicted octanol–water partition coefficient (Wildman–Crippen LogP) is 0.979. The van der Waals surface area contributed by atoms with Crippen molar-refractivity contribution in [1.29, 1.82) is 0 Å². The zero-order valence-electron chi connectivity index (χ0n) is 7.12. The van der Waals surface area contributed by atoms with E-state index in [9.17, 15) is 4.79 Å². The highest BCUT2D eigenvalue weighted by Gasteiger charge is 2.52. The van der Waals surface area contributed by atoms with Crippen molar-refractivity contribution in [1.82, 2.24) is 0 Å². The van der Waals surface area contributed by atoms with Gasteiger partial charge >= 0.3 is 5.97 Å². The summed E-state index contributed by atoms with van der Waals surface area (Å²) in [5.74, 6) is 0.263. The quantitative estimate of drug-likeness (QED) is 0.659. The van der Waals surface area contributed by atoms with Gasteiger partial charge < -0.3 is 10.8 Å². The SMILES string of the molecule is NC(CC(=O)O)(C1CC1)C1CC1. The molecular formula is C9H15NO2. The van der Waals surface area contributed by atoms with E-state index in [1.165, 1.54) is 0 Å². The Hall–Kier alpha value is -0.570. The van der Waals surface area contributed by atoms with Crippen LogP contribution in [-0.2, 0) is 4.79 Å². The van der Waals surface area contributed by atoms with Gasteiger partial charge in [-0.15, -0.1) is 0 Å². The number of carboxylic acid groups (broad SMARTS) is 1. The fourth-order valence-electron chi connectivity index (χ4n) is 2.13. The van der Waals surface area contributed by atoms with Gasteiger partial charge in [-0.05, 0) is 37.5 Å². The zero-order valence-corrected chi connectivity index (χ0v) is 7.12. The molecule has 0 spiro atoms. The molecule has 3 N–H and O–H groups in total. The first-order valence-corrected chi connectivity index (χ1v) is 4.63. The molecule has 0 saturated heterocycles. The molecule has 0 aromatic carbocycles. The molecule has 0 bridgehead atoms. The van der Waals surface area contributed by atoms with Gasteiger partial charge in [-0.2, -0.15) is 0 Å². The second-order valence-corrected chi connectivity index (χ2v) is 4.23. The van der Waals surface area contributed by atoms with Crippen LogP contribution in [-0.4, -0.2) is 16.6 Å². The van der Waals surface area contributed by atoms with Crippen molar-refractivity contribution in [3.05, 3.63) is 0 Å². The van der Waals surface area contributed by atoms with E-state index in [1.54, 1.807) is 0 Å². The Labute approximate surface area is 71.9 Å². The Bertz CT molecular complexity index is 195. The third-order valence-corrected chi connectivity index (χ3v) is 3.13. The summed E-state index contributed by atoms with van der Waals surface area (Å²) in [6.07, 6.45) is 4.73. The van der Waals surface area contributed by atoms with E-state index in [1.807, 2.05) is 0 Å². The lowest BCUT2D eigenvalue weighted by Gasteiger charge is -2.27. The maximum Gasteiger partial charge on any atom is 0.305 e. The molecule has 3 heteroatoms. The lowest BCUT2D eigenvalue weighted by Crippen LogP contribution is -2.46. The number of rotatable bonds is 4. The van der Waals surface area contributed by atoms with Crippen molar-refractivity contribution in [2.75, 3.05) is 0 Å². The molecule has 3 nitrogen and oxygen atoms in total. The Morgan fingerprint density at radius 1 is 1.33 bits per heavy atom. The molecule has 2 saturated carbocycles. The van der Waals surface area contributed by atoms with Crippen LogP contribution in [0.15, 0.2) is 0 Å². The van der Waals surface area contributed by atoms with E-state index in [0.717, 1.165) is 25.7 Å². The van der Waals surface area contributed by atoms with Crippen LogP contribution in [0.4, 0.5) is 0 Å². The molecule has 0 aromatic rings. The summed E-state index contributed by atoms with van der Waals surface area (Å²) in [4.78, 5) is 10.6. The highest BCUT2D eigenvalue weighted by Crippen LogP contribution is 2.52. The first kappa shape index (κ1) is 8.05. The van der Waals surface area contributed by atoms with E-state index in [-0.39, 0.29) is 12.0 Å². The maximum absolute atomic E-state index is 10.6. The largest absolute Gasteiger partial charge is 0.481 e. The van der Waals surface area contributed by atoms with Crippen molar-refractivity contribution in [2.45, 2.75) is 37.6 Å². The lowest BCUT2D eigenvalue weighted by molar-refractivity contribution is -0.138. The zero-order chi connectivity index (χ0) is 8.77. The number of hydrogen-bond acceptors (Lipinski definition) is 2.